The predicted octanol–water partition coefficient (Wildman–Crippen LogP) is 5.47. The van der Waals surface area contributed by atoms with Crippen molar-refractivity contribution in [2.75, 3.05) is 7.11 Å². The number of aliphatic carboxylic acids is 1. The van der Waals surface area contributed by atoms with Gasteiger partial charge in [-0.3, -0.25) is 4.79 Å². The predicted molar refractivity (Wildman–Crippen MR) is 117 cm³/mol. The van der Waals surface area contributed by atoms with E-state index in [0.29, 0.717) is 16.9 Å². The van der Waals surface area contributed by atoms with Gasteiger partial charge in [0.2, 0.25) is 0 Å². The Labute approximate surface area is 182 Å². The molecule has 0 aromatic heterocycles. The molecule has 0 bridgehead atoms. The van der Waals surface area contributed by atoms with Crippen LogP contribution in [0.4, 0.5) is 9.18 Å². The fraction of sp³-hybridized carbons (Fsp3) is 0.417. The standard InChI is InChI=1S/C24H30FNO5/c1-13-8-9-19(30-7)15(3)21(13)16-10-14(2)22(25)17(11-16)18(12-20(27)28)26-23(29)31-24(4,5)6/h8-11,18H,12H2,1-7H3,(H,26,29)(H,27,28). The van der Waals surface area contributed by atoms with Gasteiger partial charge in [0, 0.05) is 5.56 Å². The number of alkyl carbamates (subject to hydrolysis) is 1. The molecule has 0 spiro atoms. The number of aryl methyl sites for hydroxylation is 2. The lowest BCUT2D eigenvalue weighted by Crippen LogP contribution is -2.36. The summed E-state index contributed by atoms with van der Waals surface area (Å²) >= 11 is 0. The third-order valence-corrected chi connectivity index (χ3v) is 4.86. The third-order valence-electron chi connectivity index (χ3n) is 4.86. The van der Waals surface area contributed by atoms with Gasteiger partial charge >= 0.3 is 12.1 Å². The molecule has 6 nitrogen and oxygen atoms in total. The van der Waals surface area contributed by atoms with Crippen molar-refractivity contribution in [3.05, 3.63) is 52.3 Å². The molecule has 0 aliphatic heterocycles. The number of nitrogens with one attached hydrogen (secondary N) is 1. The van der Waals surface area contributed by atoms with E-state index in [4.69, 9.17) is 9.47 Å². The summed E-state index contributed by atoms with van der Waals surface area (Å²) in [4.78, 5) is 23.8. The number of benzene rings is 2. The molecule has 2 aromatic carbocycles. The average Bonchev–Trinajstić information content (AvgIpc) is 2.62. The van der Waals surface area contributed by atoms with Crippen LogP contribution in [0.25, 0.3) is 11.1 Å². The molecule has 1 amide bonds. The van der Waals surface area contributed by atoms with Crippen LogP contribution >= 0.6 is 0 Å². The summed E-state index contributed by atoms with van der Waals surface area (Å²) in [6, 6.07) is 5.97. The number of hydrogen-bond acceptors (Lipinski definition) is 4. The number of carbonyl (C=O) groups excluding carboxylic acids is 1. The van der Waals surface area contributed by atoms with Crippen LogP contribution in [0.2, 0.25) is 0 Å². The van der Waals surface area contributed by atoms with E-state index in [0.717, 1.165) is 16.7 Å². The maximum Gasteiger partial charge on any atom is 0.408 e. The maximum absolute atomic E-state index is 15.1. The maximum atomic E-state index is 15.1. The normalized spacial score (nSPS) is 12.3. The quantitative estimate of drug-likeness (QED) is 0.634. The number of hydrogen-bond donors (Lipinski definition) is 2. The molecule has 1 atom stereocenters. The average molecular weight is 432 g/mol. The van der Waals surface area contributed by atoms with Crippen molar-refractivity contribution < 1.29 is 28.6 Å². The molecule has 0 saturated heterocycles. The molecule has 1 unspecified atom stereocenters. The Kier molecular flexibility index (Phi) is 7.31. The van der Waals surface area contributed by atoms with Crippen molar-refractivity contribution in [3.8, 4) is 16.9 Å². The number of carboxylic acids is 1. The molecule has 7 heteroatoms. The first-order chi connectivity index (χ1) is 14.3. The molecule has 0 radical (unpaired) electrons. The Hall–Kier alpha value is -3.09. The van der Waals surface area contributed by atoms with Crippen molar-refractivity contribution in [1.29, 1.82) is 0 Å². The molecule has 0 saturated carbocycles. The highest BCUT2D eigenvalue weighted by atomic mass is 19.1. The van der Waals surface area contributed by atoms with Gasteiger partial charge in [0.25, 0.3) is 0 Å². The lowest BCUT2D eigenvalue weighted by atomic mass is 9.90. The summed E-state index contributed by atoms with van der Waals surface area (Å²) in [6.45, 7) is 10.5. The Morgan fingerprint density at radius 1 is 1.13 bits per heavy atom. The van der Waals surface area contributed by atoms with Crippen LogP contribution in [0.1, 0.15) is 55.5 Å². The second-order valence-electron chi connectivity index (χ2n) is 8.58. The van der Waals surface area contributed by atoms with Crippen molar-refractivity contribution in [2.45, 2.75) is 59.6 Å². The molecule has 0 fully saturated rings. The van der Waals surface area contributed by atoms with E-state index in [1.54, 1.807) is 46.9 Å². The summed E-state index contributed by atoms with van der Waals surface area (Å²) in [5, 5.41) is 11.9. The van der Waals surface area contributed by atoms with Crippen LogP contribution in [0.5, 0.6) is 5.75 Å². The highest BCUT2D eigenvalue weighted by Gasteiger charge is 2.26. The number of rotatable bonds is 6. The largest absolute Gasteiger partial charge is 0.496 e. The highest BCUT2D eigenvalue weighted by Crippen LogP contribution is 2.36. The molecule has 0 aliphatic rings. The topological polar surface area (TPSA) is 84.9 Å². The lowest BCUT2D eigenvalue weighted by Gasteiger charge is -2.24. The number of halogens is 1. The number of ether oxygens (including phenoxy) is 2. The van der Waals surface area contributed by atoms with Crippen LogP contribution in [0.15, 0.2) is 24.3 Å². The molecule has 31 heavy (non-hydrogen) atoms. The molecule has 2 rings (SSSR count). The first-order valence-electron chi connectivity index (χ1n) is 10.00. The van der Waals surface area contributed by atoms with Crippen LogP contribution < -0.4 is 10.1 Å². The van der Waals surface area contributed by atoms with Gasteiger partial charge in [-0.05, 0) is 87.6 Å². The number of methoxy groups -OCH3 is 1. The van der Waals surface area contributed by atoms with E-state index >= 15 is 4.39 Å². The number of carboxylic acid groups (broad SMARTS) is 1. The van der Waals surface area contributed by atoms with Crippen LogP contribution in [0, 0.1) is 26.6 Å². The first-order valence-corrected chi connectivity index (χ1v) is 10.00. The molecular weight excluding hydrogens is 401 g/mol. The van der Waals surface area contributed by atoms with Gasteiger partial charge in [-0.25, -0.2) is 9.18 Å². The number of amides is 1. The summed E-state index contributed by atoms with van der Waals surface area (Å²) in [6.07, 6.45) is -1.30. The summed E-state index contributed by atoms with van der Waals surface area (Å²) < 4.78 is 25.8. The van der Waals surface area contributed by atoms with Gasteiger partial charge < -0.3 is 19.9 Å². The summed E-state index contributed by atoms with van der Waals surface area (Å²) in [5.74, 6) is -1.04. The van der Waals surface area contributed by atoms with Crippen LogP contribution in [0.3, 0.4) is 0 Å². The lowest BCUT2D eigenvalue weighted by molar-refractivity contribution is -0.137. The molecule has 2 aromatic rings. The fourth-order valence-electron chi connectivity index (χ4n) is 3.55. The second-order valence-corrected chi connectivity index (χ2v) is 8.58. The fourth-order valence-corrected chi connectivity index (χ4v) is 3.55. The van der Waals surface area contributed by atoms with Crippen molar-refractivity contribution in [2.24, 2.45) is 0 Å². The molecule has 0 aliphatic carbocycles. The molecule has 168 valence electrons. The highest BCUT2D eigenvalue weighted by molar-refractivity contribution is 5.76. The Bertz CT molecular complexity index is 994. The first kappa shape index (κ1) is 24.2. The van der Waals surface area contributed by atoms with Gasteiger partial charge in [-0.2, -0.15) is 0 Å². The minimum absolute atomic E-state index is 0.0879. The van der Waals surface area contributed by atoms with Gasteiger partial charge in [-0.15, -0.1) is 0 Å². The smallest absolute Gasteiger partial charge is 0.408 e. The monoisotopic (exact) mass is 431 g/mol. The van der Waals surface area contributed by atoms with Crippen molar-refractivity contribution in [1.82, 2.24) is 5.32 Å². The van der Waals surface area contributed by atoms with E-state index in [2.05, 4.69) is 5.32 Å². The second kappa shape index (κ2) is 9.37. The minimum atomic E-state index is -1.17. The van der Waals surface area contributed by atoms with E-state index < -0.39 is 35.9 Å². The van der Waals surface area contributed by atoms with Gasteiger partial charge in [0.1, 0.15) is 17.2 Å². The molecule has 2 N–H and O–H groups in total. The minimum Gasteiger partial charge on any atom is -0.496 e. The van der Waals surface area contributed by atoms with Gasteiger partial charge in [0.05, 0.1) is 19.6 Å². The Balaban J connectivity index is 2.60. The zero-order valence-electron chi connectivity index (χ0n) is 19.1. The van der Waals surface area contributed by atoms with Crippen molar-refractivity contribution in [3.63, 3.8) is 0 Å². The Morgan fingerprint density at radius 3 is 2.32 bits per heavy atom. The SMILES string of the molecule is COc1ccc(C)c(-c2cc(C)c(F)c(C(CC(=O)O)NC(=O)OC(C)(C)C)c2)c1C. The zero-order chi connectivity index (χ0) is 23.5. The van der Waals surface area contributed by atoms with E-state index in [1.165, 1.54) is 0 Å². The van der Waals surface area contributed by atoms with E-state index in [1.807, 2.05) is 26.0 Å². The molecule has 0 heterocycles. The van der Waals surface area contributed by atoms with Gasteiger partial charge in [-0.1, -0.05) is 6.07 Å². The van der Waals surface area contributed by atoms with Gasteiger partial charge in [0.15, 0.2) is 0 Å². The van der Waals surface area contributed by atoms with E-state index in [9.17, 15) is 14.7 Å². The van der Waals surface area contributed by atoms with Crippen molar-refractivity contribution >= 4 is 12.1 Å². The Morgan fingerprint density at radius 2 is 1.77 bits per heavy atom. The number of carbonyl (C=O) groups is 2. The summed E-state index contributed by atoms with van der Waals surface area (Å²) in [5.41, 5.74) is 3.09. The third kappa shape index (κ3) is 5.96. The van der Waals surface area contributed by atoms with E-state index in [-0.39, 0.29) is 5.56 Å². The zero-order valence-corrected chi connectivity index (χ0v) is 19.1. The van der Waals surface area contributed by atoms with Crippen LogP contribution in [-0.2, 0) is 9.53 Å². The summed E-state index contributed by atoms with van der Waals surface area (Å²) in [7, 11) is 1.58. The molecular formula is C24H30FNO5. The van der Waals surface area contributed by atoms with Crippen LogP contribution in [-0.4, -0.2) is 29.9 Å².